The minimum absolute atomic E-state index is 0.0253. The summed E-state index contributed by atoms with van der Waals surface area (Å²) in [7, 11) is -3.44. The first-order valence-electron chi connectivity index (χ1n) is 8.72. The first-order valence-corrected chi connectivity index (χ1v) is 11.0. The first-order chi connectivity index (χ1) is 12.3. The van der Waals surface area contributed by atoms with Crippen LogP contribution in [-0.4, -0.2) is 31.7 Å². The van der Waals surface area contributed by atoms with Crippen LogP contribution in [0.15, 0.2) is 34.5 Å². The van der Waals surface area contributed by atoms with Crippen LogP contribution >= 0.6 is 11.3 Å². The van der Waals surface area contributed by atoms with E-state index in [0.717, 1.165) is 21.7 Å². The second-order valence-corrected chi connectivity index (χ2v) is 10.3. The number of carbonyl (C=O) groups is 1. The van der Waals surface area contributed by atoms with Crippen LogP contribution in [0, 0.1) is 26.7 Å². The Balaban J connectivity index is 1.63. The van der Waals surface area contributed by atoms with Gasteiger partial charge in [-0.2, -0.15) is 4.31 Å². The van der Waals surface area contributed by atoms with E-state index in [4.69, 9.17) is 0 Å². The van der Waals surface area contributed by atoms with Crippen molar-refractivity contribution < 1.29 is 13.2 Å². The Morgan fingerprint density at radius 2 is 1.81 bits per heavy atom. The second-order valence-electron chi connectivity index (χ2n) is 6.85. The maximum absolute atomic E-state index is 12.7. The number of aryl methyl sites for hydroxylation is 3. The number of nitrogens with zero attached hydrogens (tertiary/aromatic N) is 1. The molecular formula is C19H24N2O3S2. The number of nitrogens with one attached hydrogen (secondary N) is 1. The molecule has 5 nitrogen and oxygen atoms in total. The van der Waals surface area contributed by atoms with Crippen molar-refractivity contribution in [2.75, 3.05) is 18.4 Å². The van der Waals surface area contributed by atoms with Crippen LogP contribution in [0.3, 0.4) is 0 Å². The van der Waals surface area contributed by atoms with Crippen molar-refractivity contribution in [2.45, 2.75) is 37.8 Å². The molecule has 140 valence electrons. The zero-order valence-corrected chi connectivity index (χ0v) is 16.9. The molecule has 1 fully saturated rings. The Hall–Kier alpha value is -1.70. The minimum Gasteiger partial charge on any atom is -0.326 e. The van der Waals surface area contributed by atoms with Crippen LogP contribution < -0.4 is 5.32 Å². The summed E-state index contributed by atoms with van der Waals surface area (Å²) < 4.78 is 27.3. The Morgan fingerprint density at radius 1 is 1.12 bits per heavy atom. The Bertz CT molecular complexity index is 911. The predicted octanol–water partition coefficient (Wildman–Crippen LogP) is 3.71. The third-order valence-electron chi connectivity index (χ3n) is 4.79. The molecule has 0 unspecified atom stereocenters. The molecule has 1 N–H and O–H groups in total. The van der Waals surface area contributed by atoms with Gasteiger partial charge < -0.3 is 5.32 Å². The van der Waals surface area contributed by atoms with Crippen molar-refractivity contribution in [3.05, 3.63) is 46.3 Å². The van der Waals surface area contributed by atoms with Crippen molar-refractivity contribution in [1.82, 2.24) is 4.31 Å². The number of rotatable bonds is 4. The molecule has 0 saturated carbocycles. The number of anilines is 1. The molecule has 0 spiro atoms. The Morgan fingerprint density at radius 3 is 2.42 bits per heavy atom. The van der Waals surface area contributed by atoms with Crippen LogP contribution in [0.5, 0.6) is 0 Å². The molecule has 0 atom stereocenters. The summed E-state index contributed by atoms with van der Waals surface area (Å²) in [5.74, 6) is -0.186. The lowest BCUT2D eigenvalue weighted by Crippen LogP contribution is -2.41. The number of benzene rings is 1. The molecule has 1 aliphatic heterocycles. The summed E-state index contributed by atoms with van der Waals surface area (Å²) in [6.07, 6.45) is 1.08. The normalized spacial score (nSPS) is 16.6. The number of sulfonamides is 1. The molecule has 1 amide bonds. The van der Waals surface area contributed by atoms with E-state index in [1.165, 1.54) is 15.6 Å². The molecule has 0 radical (unpaired) electrons. The molecule has 3 rings (SSSR count). The van der Waals surface area contributed by atoms with Crippen LogP contribution in [0.25, 0.3) is 0 Å². The quantitative estimate of drug-likeness (QED) is 0.862. The van der Waals surface area contributed by atoms with Gasteiger partial charge in [-0.15, -0.1) is 11.3 Å². The second kappa shape index (κ2) is 7.50. The van der Waals surface area contributed by atoms with E-state index in [9.17, 15) is 13.2 Å². The average molecular weight is 393 g/mol. The number of piperidine rings is 1. The van der Waals surface area contributed by atoms with Gasteiger partial charge in [-0.3, -0.25) is 4.79 Å². The third kappa shape index (κ3) is 4.00. The minimum atomic E-state index is -3.44. The summed E-state index contributed by atoms with van der Waals surface area (Å²) in [6, 6.07) is 9.45. The van der Waals surface area contributed by atoms with E-state index in [1.54, 1.807) is 6.07 Å². The molecule has 0 aliphatic carbocycles. The summed E-state index contributed by atoms with van der Waals surface area (Å²) in [4.78, 5) is 13.6. The van der Waals surface area contributed by atoms with Crippen LogP contribution in [-0.2, 0) is 14.8 Å². The predicted molar refractivity (Wildman–Crippen MR) is 105 cm³/mol. The SMILES string of the molecule is Cc1ccc(C)c(NC(=O)C2CCN(S(=O)(=O)c3ccc(C)s3)CC2)c1. The molecule has 2 aromatic rings. The Labute approximate surface area is 159 Å². The maximum Gasteiger partial charge on any atom is 0.252 e. The zero-order valence-electron chi connectivity index (χ0n) is 15.3. The largest absolute Gasteiger partial charge is 0.326 e. The molecule has 1 aliphatic rings. The van der Waals surface area contributed by atoms with Gasteiger partial charge in [0.25, 0.3) is 10.0 Å². The van der Waals surface area contributed by atoms with Gasteiger partial charge in [0.05, 0.1) is 0 Å². The van der Waals surface area contributed by atoms with Crippen molar-refractivity contribution in [3.8, 4) is 0 Å². The number of amides is 1. The first kappa shape index (κ1) is 19.1. The number of carbonyl (C=O) groups excluding carboxylic acids is 1. The molecule has 26 heavy (non-hydrogen) atoms. The van der Waals surface area contributed by atoms with Gasteiger partial charge in [-0.25, -0.2) is 8.42 Å². The van der Waals surface area contributed by atoms with Gasteiger partial charge in [0.2, 0.25) is 5.91 Å². The maximum atomic E-state index is 12.7. The summed E-state index contributed by atoms with van der Waals surface area (Å²) in [5.41, 5.74) is 2.95. The molecule has 0 bridgehead atoms. The number of hydrogen-bond acceptors (Lipinski definition) is 4. The number of thiophene rings is 1. The van der Waals surface area contributed by atoms with Crippen molar-refractivity contribution in [2.24, 2.45) is 5.92 Å². The van der Waals surface area contributed by atoms with E-state index >= 15 is 0 Å². The lowest BCUT2D eigenvalue weighted by Gasteiger charge is -2.30. The smallest absolute Gasteiger partial charge is 0.252 e. The van der Waals surface area contributed by atoms with Crippen molar-refractivity contribution in [3.63, 3.8) is 0 Å². The lowest BCUT2D eigenvalue weighted by atomic mass is 9.97. The average Bonchev–Trinajstić information content (AvgIpc) is 3.05. The van der Waals surface area contributed by atoms with E-state index < -0.39 is 10.0 Å². The monoisotopic (exact) mass is 392 g/mol. The van der Waals surface area contributed by atoms with E-state index in [1.807, 2.05) is 45.0 Å². The summed E-state index contributed by atoms with van der Waals surface area (Å²) in [6.45, 7) is 6.61. The highest BCUT2D eigenvalue weighted by Gasteiger charge is 2.32. The van der Waals surface area contributed by atoms with Gasteiger partial charge in [-0.1, -0.05) is 12.1 Å². The highest BCUT2D eigenvalue weighted by Crippen LogP contribution is 2.29. The van der Waals surface area contributed by atoms with E-state index in [2.05, 4.69) is 5.32 Å². The molecule has 7 heteroatoms. The fourth-order valence-electron chi connectivity index (χ4n) is 3.14. The van der Waals surface area contributed by atoms with Gasteiger partial charge in [0.15, 0.2) is 0 Å². The molecule has 1 saturated heterocycles. The fraction of sp³-hybridized carbons (Fsp3) is 0.421. The van der Waals surface area contributed by atoms with Crippen LogP contribution in [0.2, 0.25) is 0 Å². The van der Waals surface area contributed by atoms with Crippen LogP contribution in [0.1, 0.15) is 28.8 Å². The highest BCUT2D eigenvalue weighted by molar-refractivity contribution is 7.91. The highest BCUT2D eigenvalue weighted by atomic mass is 32.2. The Kier molecular flexibility index (Phi) is 5.50. The lowest BCUT2D eigenvalue weighted by molar-refractivity contribution is -0.120. The van der Waals surface area contributed by atoms with E-state index in [-0.39, 0.29) is 11.8 Å². The topological polar surface area (TPSA) is 66.5 Å². The number of hydrogen-bond donors (Lipinski definition) is 1. The summed E-state index contributed by atoms with van der Waals surface area (Å²) in [5, 5.41) is 3.00. The van der Waals surface area contributed by atoms with Gasteiger partial charge >= 0.3 is 0 Å². The van der Waals surface area contributed by atoms with E-state index in [0.29, 0.717) is 30.1 Å². The molecule has 1 aromatic heterocycles. The van der Waals surface area contributed by atoms with Crippen molar-refractivity contribution >= 4 is 33.0 Å². The van der Waals surface area contributed by atoms with Gasteiger partial charge in [-0.05, 0) is 62.9 Å². The summed E-state index contributed by atoms with van der Waals surface area (Å²) >= 11 is 1.29. The third-order valence-corrected chi connectivity index (χ3v) is 8.15. The zero-order chi connectivity index (χ0) is 18.9. The van der Waals surface area contributed by atoms with Gasteiger partial charge in [0, 0.05) is 29.6 Å². The van der Waals surface area contributed by atoms with Crippen LogP contribution in [0.4, 0.5) is 5.69 Å². The molecule has 2 heterocycles. The standard InChI is InChI=1S/C19H24N2O3S2/c1-13-4-5-14(2)17(12-13)20-19(22)16-8-10-21(11-9-16)26(23,24)18-7-6-15(3)25-18/h4-7,12,16H,8-11H2,1-3H3,(H,20,22). The molecular weight excluding hydrogens is 368 g/mol. The van der Waals surface area contributed by atoms with Gasteiger partial charge in [0.1, 0.15) is 4.21 Å². The fourth-order valence-corrected chi connectivity index (χ4v) is 6.05. The van der Waals surface area contributed by atoms with Crippen molar-refractivity contribution in [1.29, 1.82) is 0 Å². The molecule has 1 aromatic carbocycles.